The van der Waals surface area contributed by atoms with Gasteiger partial charge in [-0.05, 0) is 18.8 Å². The van der Waals surface area contributed by atoms with Gasteiger partial charge in [-0.25, -0.2) is 4.98 Å². The van der Waals surface area contributed by atoms with Crippen LogP contribution < -0.4 is 5.32 Å². The maximum Gasteiger partial charge on any atom is 0.155 e. The van der Waals surface area contributed by atoms with Crippen LogP contribution in [0.1, 0.15) is 18.5 Å². The Hall–Kier alpha value is -1.50. The predicted octanol–water partition coefficient (Wildman–Crippen LogP) is 0.606. The van der Waals surface area contributed by atoms with E-state index in [4.69, 9.17) is 4.74 Å². The number of hydrogen-bond donors (Lipinski definition) is 2. The third-order valence-electron chi connectivity index (χ3n) is 3.44. The highest BCUT2D eigenvalue weighted by atomic mass is 16.5. The van der Waals surface area contributed by atoms with Crippen molar-refractivity contribution in [3.05, 3.63) is 30.5 Å². The van der Waals surface area contributed by atoms with Crippen LogP contribution in [0.3, 0.4) is 0 Å². The van der Waals surface area contributed by atoms with Crippen LogP contribution in [0, 0.1) is 5.92 Å². The lowest BCUT2D eigenvalue weighted by Gasteiger charge is -2.12. The monoisotopic (exact) mass is 276 g/mol. The van der Waals surface area contributed by atoms with Crippen LogP contribution in [0.15, 0.2) is 24.8 Å². The Morgan fingerprint density at radius 2 is 2.35 bits per heavy atom. The second kappa shape index (κ2) is 6.30. The minimum Gasteiger partial charge on any atom is -0.389 e. The van der Waals surface area contributed by atoms with E-state index in [1.54, 1.807) is 12.4 Å². The van der Waals surface area contributed by atoms with Crippen LogP contribution >= 0.6 is 0 Å². The first kappa shape index (κ1) is 13.5. The fourth-order valence-corrected chi connectivity index (χ4v) is 2.11. The molecule has 108 valence electrons. The Morgan fingerprint density at radius 1 is 1.45 bits per heavy atom. The molecule has 1 saturated carbocycles. The van der Waals surface area contributed by atoms with Crippen LogP contribution in [0.25, 0.3) is 5.65 Å². The van der Waals surface area contributed by atoms with Crippen LogP contribution in [-0.4, -0.2) is 45.3 Å². The maximum absolute atomic E-state index is 9.80. The molecule has 2 aromatic rings. The van der Waals surface area contributed by atoms with Crippen molar-refractivity contribution in [2.45, 2.75) is 25.5 Å². The van der Waals surface area contributed by atoms with E-state index < -0.39 is 6.10 Å². The van der Waals surface area contributed by atoms with Gasteiger partial charge in [0.15, 0.2) is 5.65 Å². The molecule has 3 rings (SSSR count). The van der Waals surface area contributed by atoms with E-state index in [9.17, 15) is 5.11 Å². The molecule has 1 aliphatic carbocycles. The summed E-state index contributed by atoms with van der Waals surface area (Å²) in [6.07, 6.45) is 9.25. The first-order valence-electron chi connectivity index (χ1n) is 7.05. The van der Waals surface area contributed by atoms with Gasteiger partial charge in [-0.1, -0.05) is 0 Å². The number of hydrogen-bond acceptors (Lipinski definition) is 5. The van der Waals surface area contributed by atoms with Gasteiger partial charge in [-0.15, -0.1) is 0 Å². The Kier molecular flexibility index (Phi) is 4.25. The number of nitrogens with zero attached hydrogens (tertiary/aromatic N) is 3. The molecule has 1 atom stereocenters. The molecule has 0 saturated heterocycles. The molecule has 2 aromatic heterocycles. The summed E-state index contributed by atoms with van der Waals surface area (Å²) in [6.45, 7) is 2.37. The van der Waals surface area contributed by atoms with Gasteiger partial charge in [0.25, 0.3) is 0 Å². The molecular weight excluding hydrogens is 256 g/mol. The Bertz CT molecular complexity index is 553. The average Bonchev–Trinajstić information content (AvgIpc) is 3.19. The fourth-order valence-electron chi connectivity index (χ4n) is 2.11. The lowest BCUT2D eigenvalue weighted by atomic mass is 10.3. The highest BCUT2D eigenvalue weighted by Gasteiger charge is 2.21. The standard InChI is InChI=1S/C14H20N4O2/c19-13(10-20-9-11-1-2-11)7-16-5-12-6-17-14-8-15-3-4-18(12)14/h3-4,6,8,11,13,16,19H,1-2,5,7,9-10H2. The van der Waals surface area contributed by atoms with E-state index in [0.29, 0.717) is 19.7 Å². The zero-order valence-corrected chi connectivity index (χ0v) is 11.4. The molecule has 0 bridgehead atoms. The zero-order valence-electron chi connectivity index (χ0n) is 11.4. The fraction of sp³-hybridized carbons (Fsp3) is 0.571. The minimum atomic E-state index is -0.463. The van der Waals surface area contributed by atoms with Crippen molar-refractivity contribution >= 4 is 5.65 Å². The van der Waals surface area contributed by atoms with E-state index in [-0.39, 0.29) is 0 Å². The van der Waals surface area contributed by atoms with Gasteiger partial charge in [-0.2, -0.15) is 0 Å². The number of aliphatic hydroxyl groups is 1. The largest absolute Gasteiger partial charge is 0.389 e. The molecule has 2 heterocycles. The van der Waals surface area contributed by atoms with E-state index >= 15 is 0 Å². The predicted molar refractivity (Wildman–Crippen MR) is 74.2 cm³/mol. The number of aromatic nitrogens is 3. The second-order valence-electron chi connectivity index (χ2n) is 5.32. The van der Waals surface area contributed by atoms with Gasteiger partial charge in [0.2, 0.25) is 0 Å². The normalized spacial score (nSPS) is 16.6. The van der Waals surface area contributed by atoms with E-state index in [1.807, 2.05) is 16.8 Å². The van der Waals surface area contributed by atoms with Crippen molar-refractivity contribution in [3.63, 3.8) is 0 Å². The quantitative estimate of drug-likeness (QED) is 0.739. The number of aliphatic hydroxyl groups excluding tert-OH is 1. The minimum absolute atomic E-state index is 0.403. The number of fused-ring (bicyclic) bond motifs is 1. The van der Waals surface area contributed by atoms with Gasteiger partial charge in [-0.3, -0.25) is 9.38 Å². The molecule has 6 nitrogen and oxygen atoms in total. The molecule has 0 radical (unpaired) electrons. The van der Waals surface area contributed by atoms with Crippen LogP contribution in [-0.2, 0) is 11.3 Å². The average molecular weight is 276 g/mol. The molecular formula is C14H20N4O2. The number of ether oxygens (including phenoxy) is 1. The summed E-state index contributed by atoms with van der Waals surface area (Å²) in [5.41, 5.74) is 1.88. The van der Waals surface area contributed by atoms with Gasteiger partial charge >= 0.3 is 0 Å². The molecule has 6 heteroatoms. The van der Waals surface area contributed by atoms with Gasteiger partial charge < -0.3 is 15.2 Å². The number of nitrogens with one attached hydrogen (secondary N) is 1. The molecule has 20 heavy (non-hydrogen) atoms. The summed E-state index contributed by atoms with van der Waals surface area (Å²) < 4.78 is 7.44. The third kappa shape index (κ3) is 3.53. The molecule has 2 N–H and O–H groups in total. The van der Waals surface area contributed by atoms with Crippen LogP contribution in [0.2, 0.25) is 0 Å². The van der Waals surface area contributed by atoms with Gasteiger partial charge in [0, 0.05) is 32.1 Å². The second-order valence-corrected chi connectivity index (χ2v) is 5.32. The van der Waals surface area contributed by atoms with Crippen molar-refractivity contribution in [1.29, 1.82) is 0 Å². The summed E-state index contributed by atoms with van der Waals surface area (Å²) in [4.78, 5) is 8.29. The maximum atomic E-state index is 9.80. The summed E-state index contributed by atoms with van der Waals surface area (Å²) in [7, 11) is 0. The Balaban J connectivity index is 1.40. The first-order chi connectivity index (χ1) is 9.83. The van der Waals surface area contributed by atoms with E-state index in [2.05, 4.69) is 15.3 Å². The molecule has 0 aliphatic heterocycles. The van der Waals surface area contributed by atoms with Crippen LogP contribution in [0.5, 0.6) is 0 Å². The van der Waals surface area contributed by atoms with Crippen LogP contribution in [0.4, 0.5) is 0 Å². The lowest BCUT2D eigenvalue weighted by molar-refractivity contribution is 0.0324. The summed E-state index contributed by atoms with van der Waals surface area (Å²) in [6, 6.07) is 0. The van der Waals surface area contributed by atoms with Crippen molar-refractivity contribution in [3.8, 4) is 0 Å². The SMILES string of the molecule is OC(CNCc1cnc2cnccn12)COCC1CC1. The lowest BCUT2D eigenvalue weighted by Crippen LogP contribution is -2.30. The molecule has 1 fully saturated rings. The zero-order chi connectivity index (χ0) is 13.8. The van der Waals surface area contributed by atoms with Crippen molar-refractivity contribution in [2.75, 3.05) is 19.8 Å². The number of rotatable bonds is 8. The molecule has 0 amide bonds. The molecule has 1 aliphatic rings. The Labute approximate surface area is 117 Å². The third-order valence-corrected chi connectivity index (χ3v) is 3.44. The van der Waals surface area contributed by atoms with Gasteiger partial charge in [0.1, 0.15) is 0 Å². The van der Waals surface area contributed by atoms with Crippen molar-refractivity contribution in [1.82, 2.24) is 19.7 Å². The molecule has 0 spiro atoms. The highest BCUT2D eigenvalue weighted by molar-refractivity contribution is 5.36. The van der Waals surface area contributed by atoms with E-state index in [0.717, 1.165) is 23.9 Å². The first-order valence-corrected chi connectivity index (χ1v) is 7.05. The van der Waals surface area contributed by atoms with E-state index in [1.165, 1.54) is 12.8 Å². The summed E-state index contributed by atoms with van der Waals surface area (Å²) in [5, 5.41) is 13.0. The Morgan fingerprint density at radius 3 is 3.20 bits per heavy atom. The van der Waals surface area contributed by atoms with Gasteiger partial charge in [0.05, 0.1) is 30.8 Å². The van der Waals surface area contributed by atoms with Crippen molar-refractivity contribution < 1.29 is 9.84 Å². The number of imidazole rings is 1. The summed E-state index contributed by atoms with van der Waals surface area (Å²) >= 11 is 0. The highest BCUT2D eigenvalue weighted by Crippen LogP contribution is 2.28. The topological polar surface area (TPSA) is 71.7 Å². The molecule has 1 unspecified atom stereocenters. The molecule has 0 aromatic carbocycles. The summed E-state index contributed by atoms with van der Waals surface area (Å²) in [5.74, 6) is 0.738. The van der Waals surface area contributed by atoms with Crippen molar-refractivity contribution in [2.24, 2.45) is 5.92 Å². The smallest absolute Gasteiger partial charge is 0.155 e.